The average Bonchev–Trinajstić information content (AvgIpc) is 2.88. The molecular weight excluding hydrogens is 292 g/mol. The van der Waals surface area contributed by atoms with Crippen molar-refractivity contribution in [2.24, 2.45) is 0 Å². The summed E-state index contributed by atoms with van der Waals surface area (Å²) in [5.41, 5.74) is 1.59. The molecule has 0 aliphatic rings. The average molecular weight is 303 g/mol. The van der Waals surface area contributed by atoms with Gasteiger partial charge in [-0.2, -0.15) is 0 Å². The number of anilines is 1. The molecule has 0 aliphatic heterocycles. The summed E-state index contributed by atoms with van der Waals surface area (Å²) >= 11 is 7.34. The van der Waals surface area contributed by atoms with Gasteiger partial charge in [0, 0.05) is 10.6 Å². The van der Waals surface area contributed by atoms with Crippen molar-refractivity contribution in [1.29, 1.82) is 0 Å². The lowest BCUT2D eigenvalue weighted by Gasteiger charge is -2.02. The highest BCUT2D eigenvalue weighted by Gasteiger charge is 2.07. The van der Waals surface area contributed by atoms with Gasteiger partial charge in [0.2, 0.25) is 0 Å². The van der Waals surface area contributed by atoms with Crippen molar-refractivity contribution in [3.05, 3.63) is 59.1 Å². The van der Waals surface area contributed by atoms with Gasteiger partial charge in [-0.15, -0.1) is 0 Å². The Kier molecular flexibility index (Phi) is 3.67. The van der Waals surface area contributed by atoms with E-state index in [1.165, 1.54) is 0 Å². The van der Waals surface area contributed by atoms with E-state index in [-0.39, 0.29) is 12.3 Å². The number of ketones is 1. The van der Waals surface area contributed by atoms with Crippen LogP contribution in [0.15, 0.2) is 48.5 Å². The lowest BCUT2D eigenvalue weighted by molar-refractivity contribution is 0.101. The summed E-state index contributed by atoms with van der Waals surface area (Å²) < 4.78 is 1.11. The van der Waals surface area contributed by atoms with Crippen LogP contribution in [-0.4, -0.2) is 17.3 Å². The molecule has 0 spiro atoms. The van der Waals surface area contributed by atoms with Gasteiger partial charge in [0.1, 0.15) is 0 Å². The van der Waals surface area contributed by atoms with Crippen molar-refractivity contribution in [2.75, 3.05) is 11.9 Å². The molecule has 1 N–H and O–H groups in total. The number of hydrogen-bond acceptors (Lipinski definition) is 4. The van der Waals surface area contributed by atoms with Crippen LogP contribution in [0.3, 0.4) is 0 Å². The molecule has 3 aromatic rings. The van der Waals surface area contributed by atoms with Crippen LogP contribution in [0, 0.1) is 0 Å². The van der Waals surface area contributed by atoms with Crippen LogP contribution in [0.4, 0.5) is 5.13 Å². The Morgan fingerprint density at radius 1 is 1.15 bits per heavy atom. The van der Waals surface area contributed by atoms with E-state index >= 15 is 0 Å². The van der Waals surface area contributed by atoms with Crippen molar-refractivity contribution >= 4 is 44.1 Å². The Morgan fingerprint density at radius 2 is 1.90 bits per heavy atom. The summed E-state index contributed by atoms with van der Waals surface area (Å²) in [7, 11) is 0. The molecule has 0 saturated carbocycles. The second-order valence-electron chi connectivity index (χ2n) is 4.27. The summed E-state index contributed by atoms with van der Waals surface area (Å²) in [6.07, 6.45) is 0. The fourth-order valence-corrected chi connectivity index (χ4v) is 2.83. The maximum absolute atomic E-state index is 12.0. The topological polar surface area (TPSA) is 42.0 Å². The molecule has 0 unspecified atom stereocenters. The minimum atomic E-state index is 0.0147. The van der Waals surface area contributed by atoms with Crippen LogP contribution in [0.25, 0.3) is 10.2 Å². The Labute approximate surface area is 125 Å². The molecular formula is C15H11ClN2OS. The molecule has 1 aromatic heterocycles. The fourth-order valence-electron chi connectivity index (χ4n) is 1.84. The van der Waals surface area contributed by atoms with Crippen LogP contribution in [0.2, 0.25) is 5.02 Å². The van der Waals surface area contributed by atoms with Gasteiger partial charge in [-0.25, -0.2) is 4.98 Å². The van der Waals surface area contributed by atoms with Crippen LogP contribution in [0.5, 0.6) is 0 Å². The second-order valence-corrected chi connectivity index (χ2v) is 5.74. The minimum absolute atomic E-state index is 0.0147. The number of Topliss-reactive ketones (excluding diaryl/α,β-unsaturated/α-hetero) is 1. The predicted molar refractivity (Wildman–Crippen MR) is 83.9 cm³/mol. The number of rotatable bonds is 4. The van der Waals surface area contributed by atoms with Crippen LogP contribution in [-0.2, 0) is 0 Å². The number of para-hydroxylation sites is 1. The number of aromatic nitrogens is 1. The summed E-state index contributed by atoms with van der Waals surface area (Å²) in [6, 6.07) is 14.8. The number of nitrogens with zero attached hydrogens (tertiary/aromatic N) is 1. The van der Waals surface area contributed by atoms with Gasteiger partial charge >= 0.3 is 0 Å². The summed E-state index contributed by atoms with van der Waals surface area (Å²) in [5.74, 6) is 0.0147. The third kappa shape index (κ3) is 2.81. The lowest BCUT2D eigenvalue weighted by atomic mass is 10.1. The number of halogens is 1. The normalized spacial score (nSPS) is 10.7. The third-order valence-electron chi connectivity index (χ3n) is 2.86. The van der Waals surface area contributed by atoms with Crippen LogP contribution < -0.4 is 5.32 Å². The largest absolute Gasteiger partial charge is 0.354 e. The number of carbonyl (C=O) groups excluding carboxylic acids is 1. The molecule has 0 fully saturated rings. The molecule has 1 heterocycles. The molecule has 2 aromatic carbocycles. The summed E-state index contributed by atoms with van der Waals surface area (Å²) in [4.78, 5) is 16.4. The third-order valence-corrected chi connectivity index (χ3v) is 4.11. The molecule has 100 valence electrons. The van der Waals surface area contributed by atoms with Crippen molar-refractivity contribution in [1.82, 2.24) is 4.98 Å². The molecule has 0 amide bonds. The molecule has 20 heavy (non-hydrogen) atoms. The highest BCUT2D eigenvalue weighted by Crippen LogP contribution is 2.25. The van der Waals surface area contributed by atoms with Gasteiger partial charge in [0.25, 0.3) is 0 Å². The summed E-state index contributed by atoms with van der Waals surface area (Å²) in [5, 5.41) is 4.46. The van der Waals surface area contributed by atoms with E-state index in [0.29, 0.717) is 10.6 Å². The van der Waals surface area contributed by atoms with Crippen LogP contribution >= 0.6 is 22.9 Å². The minimum Gasteiger partial charge on any atom is -0.354 e. The number of fused-ring (bicyclic) bond motifs is 1. The van der Waals surface area contributed by atoms with Crippen molar-refractivity contribution in [3.63, 3.8) is 0 Å². The van der Waals surface area contributed by atoms with E-state index in [1.807, 2.05) is 24.3 Å². The van der Waals surface area contributed by atoms with E-state index in [4.69, 9.17) is 11.6 Å². The molecule has 0 atom stereocenters. The predicted octanol–water partition coefficient (Wildman–Crippen LogP) is 4.24. The Balaban J connectivity index is 1.69. The molecule has 0 saturated heterocycles. The maximum atomic E-state index is 12.0. The Bertz CT molecular complexity index is 719. The van der Waals surface area contributed by atoms with E-state index < -0.39 is 0 Å². The molecule has 5 heteroatoms. The van der Waals surface area contributed by atoms with E-state index in [9.17, 15) is 4.79 Å². The van der Waals surface area contributed by atoms with E-state index in [1.54, 1.807) is 35.6 Å². The van der Waals surface area contributed by atoms with Crippen molar-refractivity contribution < 1.29 is 4.79 Å². The lowest BCUT2D eigenvalue weighted by Crippen LogP contribution is -2.13. The first-order chi connectivity index (χ1) is 9.72. The Morgan fingerprint density at radius 3 is 2.65 bits per heavy atom. The first kappa shape index (κ1) is 13.1. The van der Waals surface area contributed by atoms with Crippen molar-refractivity contribution in [2.45, 2.75) is 0 Å². The zero-order valence-electron chi connectivity index (χ0n) is 10.5. The number of thiazole rings is 1. The van der Waals surface area contributed by atoms with E-state index in [2.05, 4.69) is 10.3 Å². The van der Waals surface area contributed by atoms with Crippen LogP contribution in [0.1, 0.15) is 10.4 Å². The smallest absolute Gasteiger partial charge is 0.184 e. The molecule has 3 rings (SSSR count). The number of carbonyl (C=O) groups is 1. The molecule has 3 nitrogen and oxygen atoms in total. The zero-order chi connectivity index (χ0) is 13.9. The SMILES string of the molecule is O=C(CNc1nc2ccccc2s1)c1ccc(Cl)cc1. The summed E-state index contributed by atoms with van der Waals surface area (Å²) in [6.45, 7) is 0.224. The number of benzene rings is 2. The maximum Gasteiger partial charge on any atom is 0.184 e. The van der Waals surface area contributed by atoms with Crippen molar-refractivity contribution in [3.8, 4) is 0 Å². The first-order valence-electron chi connectivity index (χ1n) is 6.10. The molecule has 0 bridgehead atoms. The number of hydrogen-bond donors (Lipinski definition) is 1. The zero-order valence-corrected chi connectivity index (χ0v) is 12.0. The van der Waals surface area contributed by atoms with Gasteiger partial charge in [-0.3, -0.25) is 4.79 Å². The fraction of sp³-hybridized carbons (Fsp3) is 0.0667. The number of nitrogens with one attached hydrogen (secondary N) is 1. The first-order valence-corrected chi connectivity index (χ1v) is 7.30. The Hall–Kier alpha value is -1.91. The quantitative estimate of drug-likeness (QED) is 0.733. The second kappa shape index (κ2) is 5.61. The van der Waals surface area contributed by atoms with E-state index in [0.717, 1.165) is 15.3 Å². The molecule has 0 aliphatic carbocycles. The van der Waals surface area contributed by atoms with Gasteiger partial charge in [-0.1, -0.05) is 35.1 Å². The van der Waals surface area contributed by atoms with Gasteiger partial charge in [-0.05, 0) is 36.4 Å². The molecule has 0 radical (unpaired) electrons. The van der Waals surface area contributed by atoms with Gasteiger partial charge in [0.15, 0.2) is 10.9 Å². The standard InChI is InChI=1S/C15H11ClN2OS/c16-11-7-5-10(6-8-11)13(19)9-17-15-18-12-3-1-2-4-14(12)20-15/h1-8H,9H2,(H,17,18). The highest BCUT2D eigenvalue weighted by atomic mass is 35.5. The van der Waals surface area contributed by atoms with Gasteiger partial charge in [0.05, 0.1) is 16.8 Å². The van der Waals surface area contributed by atoms with Gasteiger partial charge < -0.3 is 5.32 Å². The highest BCUT2D eigenvalue weighted by molar-refractivity contribution is 7.22. The monoisotopic (exact) mass is 302 g/mol.